The van der Waals surface area contributed by atoms with Crippen LogP contribution < -0.4 is 5.32 Å². The van der Waals surface area contributed by atoms with Gasteiger partial charge in [0.25, 0.3) is 0 Å². The Kier molecular flexibility index (Phi) is 5.93. The first kappa shape index (κ1) is 15.0. The molecule has 0 bridgehead atoms. The van der Waals surface area contributed by atoms with Crippen LogP contribution in [0.1, 0.15) is 46.0 Å². The Morgan fingerprint density at radius 3 is 2.59 bits per heavy atom. The summed E-state index contributed by atoms with van der Waals surface area (Å²) in [5.41, 5.74) is 0. The maximum absolute atomic E-state index is 11.3. The average molecular weight is 261 g/mol. The summed E-state index contributed by atoms with van der Waals surface area (Å²) in [5.74, 6) is 1.78. The molecule has 3 unspecified atom stereocenters. The zero-order valence-electron chi connectivity index (χ0n) is 11.4. The highest BCUT2D eigenvalue weighted by Gasteiger charge is 2.26. The van der Waals surface area contributed by atoms with Gasteiger partial charge >= 0.3 is 0 Å². The molecule has 1 N–H and O–H groups in total. The molecule has 0 radical (unpaired) electrons. The van der Waals surface area contributed by atoms with Crippen molar-refractivity contribution >= 4 is 9.84 Å². The Morgan fingerprint density at radius 2 is 2.06 bits per heavy atom. The molecule has 0 aliphatic heterocycles. The minimum atomic E-state index is -2.83. The zero-order chi connectivity index (χ0) is 12.9. The van der Waals surface area contributed by atoms with Crippen LogP contribution in [0.25, 0.3) is 0 Å². The van der Waals surface area contributed by atoms with E-state index < -0.39 is 9.84 Å². The highest BCUT2D eigenvalue weighted by atomic mass is 32.2. The van der Waals surface area contributed by atoms with Crippen LogP contribution in [0.4, 0.5) is 0 Å². The van der Waals surface area contributed by atoms with Gasteiger partial charge in [0.15, 0.2) is 0 Å². The molecule has 1 aliphatic carbocycles. The maximum atomic E-state index is 11.3. The molecule has 1 aliphatic rings. The second-order valence-corrected chi connectivity index (χ2v) is 7.87. The van der Waals surface area contributed by atoms with E-state index in [-0.39, 0.29) is 0 Å². The van der Waals surface area contributed by atoms with Gasteiger partial charge in [0.05, 0.1) is 5.75 Å². The van der Waals surface area contributed by atoms with Crippen LogP contribution in [-0.2, 0) is 9.84 Å². The topological polar surface area (TPSA) is 46.2 Å². The van der Waals surface area contributed by atoms with E-state index in [1.165, 1.54) is 31.9 Å². The average Bonchev–Trinajstić information content (AvgIpc) is 2.23. The van der Waals surface area contributed by atoms with Crippen molar-refractivity contribution in [2.45, 2.75) is 52.0 Å². The van der Waals surface area contributed by atoms with Crippen LogP contribution in [0.5, 0.6) is 0 Å². The van der Waals surface area contributed by atoms with Crippen molar-refractivity contribution in [3.63, 3.8) is 0 Å². The highest BCUT2D eigenvalue weighted by molar-refractivity contribution is 7.90. The minimum Gasteiger partial charge on any atom is -0.314 e. The Bertz CT molecular complexity index is 313. The molecule has 0 aromatic rings. The Hall–Kier alpha value is -0.0900. The number of hydrogen-bond acceptors (Lipinski definition) is 3. The standard InChI is InChI=1S/C13H27NO2S/c1-4-14-13(8-9-17(3,15)16)12-7-5-6-11(2)10-12/h11-14H,4-10H2,1-3H3. The number of hydrogen-bond donors (Lipinski definition) is 1. The third-order valence-corrected chi connectivity index (χ3v) is 4.79. The smallest absolute Gasteiger partial charge is 0.147 e. The second-order valence-electron chi connectivity index (χ2n) is 5.61. The van der Waals surface area contributed by atoms with Crippen molar-refractivity contribution in [1.82, 2.24) is 5.32 Å². The van der Waals surface area contributed by atoms with E-state index in [0.29, 0.717) is 17.7 Å². The lowest BCUT2D eigenvalue weighted by Gasteiger charge is -2.33. The summed E-state index contributed by atoms with van der Waals surface area (Å²) in [5, 5.41) is 3.48. The molecule has 0 aromatic heterocycles. The molecule has 4 heteroatoms. The monoisotopic (exact) mass is 261 g/mol. The fourth-order valence-electron chi connectivity index (χ4n) is 2.95. The summed E-state index contributed by atoms with van der Waals surface area (Å²) < 4.78 is 22.5. The quantitative estimate of drug-likeness (QED) is 0.797. The van der Waals surface area contributed by atoms with Crippen LogP contribution in [0.15, 0.2) is 0 Å². The summed E-state index contributed by atoms with van der Waals surface area (Å²) in [6.07, 6.45) is 7.24. The summed E-state index contributed by atoms with van der Waals surface area (Å²) in [6, 6.07) is 0.387. The molecule has 0 aromatic carbocycles. The van der Waals surface area contributed by atoms with Crippen molar-refractivity contribution < 1.29 is 8.42 Å². The van der Waals surface area contributed by atoms with E-state index >= 15 is 0 Å². The van der Waals surface area contributed by atoms with Crippen molar-refractivity contribution in [2.75, 3.05) is 18.6 Å². The Labute approximate surface area is 106 Å². The molecule has 3 nitrogen and oxygen atoms in total. The predicted octanol–water partition coefficient (Wildman–Crippen LogP) is 2.23. The molecule has 0 spiro atoms. The van der Waals surface area contributed by atoms with Gasteiger partial charge in [-0.2, -0.15) is 0 Å². The zero-order valence-corrected chi connectivity index (χ0v) is 12.2. The van der Waals surface area contributed by atoms with Gasteiger partial charge in [-0.3, -0.25) is 0 Å². The lowest BCUT2D eigenvalue weighted by Crippen LogP contribution is -2.39. The molecule has 1 saturated carbocycles. The molecule has 102 valence electrons. The third kappa shape index (κ3) is 5.87. The van der Waals surface area contributed by atoms with E-state index in [2.05, 4.69) is 19.2 Å². The van der Waals surface area contributed by atoms with E-state index in [1.54, 1.807) is 0 Å². The Balaban J connectivity index is 2.51. The van der Waals surface area contributed by atoms with Gasteiger partial charge in [0, 0.05) is 12.3 Å². The fourth-order valence-corrected chi connectivity index (χ4v) is 3.64. The van der Waals surface area contributed by atoms with Gasteiger partial charge in [0.1, 0.15) is 9.84 Å². The van der Waals surface area contributed by atoms with Crippen LogP contribution in [-0.4, -0.2) is 33.0 Å². The largest absolute Gasteiger partial charge is 0.314 e. The van der Waals surface area contributed by atoms with Crippen LogP contribution in [0.2, 0.25) is 0 Å². The molecule has 0 amide bonds. The van der Waals surface area contributed by atoms with Crippen LogP contribution in [0, 0.1) is 11.8 Å². The highest BCUT2D eigenvalue weighted by Crippen LogP contribution is 2.31. The van der Waals surface area contributed by atoms with Gasteiger partial charge in [-0.05, 0) is 37.6 Å². The van der Waals surface area contributed by atoms with Crippen LogP contribution in [0.3, 0.4) is 0 Å². The number of sulfone groups is 1. The van der Waals surface area contributed by atoms with E-state index in [4.69, 9.17) is 0 Å². The number of rotatable bonds is 6. The fraction of sp³-hybridized carbons (Fsp3) is 1.00. The SMILES string of the molecule is CCNC(CCS(C)(=O)=O)C1CCCC(C)C1. The van der Waals surface area contributed by atoms with Gasteiger partial charge in [-0.25, -0.2) is 8.42 Å². The molecule has 17 heavy (non-hydrogen) atoms. The van der Waals surface area contributed by atoms with Crippen molar-refractivity contribution in [3.05, 3.63) is 0 Å². The van der Waals surface area contributed by atoms with Gasteiger partial charge in [0.2, 0.25) is 0 Å². The Morgan fingerprint density at radius 1 is 1.35 bits per heavy atom. The number of nitrogens with one attached hydrogen (secondary N) is 1. The van der Waals surface area contributed by atoms with Gasteiger partial charge in [-0.1, -0.05) is 26.7 Å². The molecular formula is C13H27NO2S. The van der Waals surface area contributed by atoms with Gasteiger partial charge < -0.3 is 5.32 Å². The molecule has 1 fully saturated rings. The lowest BCUT2D eigenvalue weighted by atomic mass is 9.78. The molecule has 1 rings (SSSR count). The summed E-state index contributed by atoms with van der Waals surface area (Å²) >= 11 is 0. The predicted molar refractivity (Wildman–Crippen MR) is 72.9 cm³/mol. The van der Waals surface area contributed by atoms with Crippen molar-refractivity contribution in [3.8, 4) is 0 Å². The molecule has 3 atom stereocenters. The van der Waals surface area contributed by atoms with Crippen LogP contribution >= 0.6 is 0 Å². The molecular weight excluding hydrogens is 234 g/mol. The van der Waals surface area contributed by atoms with Crippen molar-refractivity contribution in [2.24, 2.45) is 11.8 Å². The maximum Gasteiger partial charge on any atom is 0.147 e. The van der Waals surface area contributed by atoms with E-state index in [0.717, 1.165) is 18.9 Å². The summed E-state index contributed by atoms with van der Waals surface area (Å²) in [7, 11) is -2.83. The first-order valence-electron chi connectivity index (χ1n) is 6.83. The van der Waals surface area contributed by atoms with Gasteiger partial charge in [-0.15, -0.1) is 0 Å². The normalized spacial score (nSPS) is 27.9. The third-order valence-electron chi connectivity index (χ3n) is 3.81. The lowest BCUT2D eigenvalue weighted by molar-refractivity contribution is 0.220. The summed E-state index contributed by atoms with van der Waals surface area (Å²) in [4.78, 5) is 0. The first-order chi connectivity index (χ1) is 7.92. The van der Waals surface area contributed by atoms with Crippen molar-refractivity contribution in [1.29, 1.82) is 0 Å². The summed E-state index contributed by atoms with van der Waals surface area (Å²) in [6.45, 7) is 5.34. The first-order valence-corrected chi connectivity index (χ1v) is 8.89. The molecule has 0 heterocycles. The van der Waals surface area contributed by atoms with E-state index in [9.17, 15) is 8.42 Å². The second kappa shape index (κ2) is 6.74. The minimum absolute atomic E-state index is 0.315. The molecule has 0 saturated heterocycles. The van der Waals surface area contributed by atoms with E-state index in [1.807, 2.05) is 0 Å².